The van der Waals surface area contributed by atoms with Crippen LogP contribution in [0.5, 0.6) is 11.6 Å². The van der Waals surface area contributed by atoms with Crippen LogP contribution in [-0.4, -0.2) is 34.0 Å². The molecule has 0 saturated carbocycles. The molecule has 0 atom stereocenters. The van der Waals surface area contributed by atoms with E-state index in [4.69, 9.17) is 4.74 Å². The third-order valence-electron chi connectivity index (χ3n) is 3.41. The van der Waals surface area contributed by atoms with E-state index in [-0.39, 0.29) is 11.3 Å². The number of carbonyl (C=O) groups is 2. The first-order valence-corrected chi connectivity index (χ1v) is 7.29. The van der Waals surface area contributed by atoms with Gasteiger partial charge < -0.3 is 9.84 Å². The predicted octanol–water partition coefficient (Wildman–Crippen LogP) is 1.42. The molecule has 0 aliphatic carbocycles. The highest BCUT2D eigenvalue weighted by molar-refractivity contribution is 6.01. The number of para-hydroxylation sites is 3. The van der Waals surface area contributed by atoms with Gasteiger partial charge in [0.05, 0.1) is 23.7 Å². The molecule has 0 radical (unpaired) electrons. The summed E-state index contributed by atoms with van der Waals surface area (Å²) in [6.07, 6.45) is 0. The van der Waals surface area contributed by atoms with Crippen molar-refractivity contribution in [2.75, 3.05) is 7.11 Å². The van der Waals surface area contributed by atoms with Crippen molar-refractivity contribution < 1.29 is 19.4 Å². The third-order valence-corrected chi connectivity index (χ3v) is 3.41. The molecular weight excluding hydrogens is 324 g/mol. The van der Waals surface area contributed by atoms with Gasteiger partial charge in [-0.3, -0.25) is 20.4 Å². The third kappa shape index (κ3) is 3.32. The van der Waals surface area contributed by atoms with Gasteiger partial charge in [-0.05, 0) is 24.3 Å². The van der Waals surface area contributed by atoms with Gasteiger partial charge in [0.2, 0.25) is 5.88 Å². The molecule has 1 heterocycles. The maximum Gasteiger partial charge on any atom is 0.293 e. The molecule has 3 aromatic rings. The van der Waals surface area contributed by atoms with E-state index in [0.717, 1.165) is 0 Å². The van der Waals surface area contributed by atoms with E-state index in [1.165, 1.54) is 7.11 Å². The molecule has 3 N–H and O–H groups in total. The topological polar surface area (TPSA) is 113 Å². The molecule has 25 heavy (non-hydrogen) atoms. The lowest BCUT2D eigenvalue weighted by Crippen LogP contribution is -2.42. The lowest BCUT2D eigenvalue weighted by atomic mass is 10.2. The lowest BCUT2D eigenvalue weighted by Gasteiger charge is -2.10. The number of benzene rings is 2. The molecule has 8 heteroatoms. The van der Waals surface area contributed by atoms with Crippen molar-refractivity contribution in [1.82, 2.24) is 20.8 Å². The van der Waals surface area contributed by atoms with Gasteiger partial charge in [-0.2, -0.15) is 0 Å². The number of amides is 2. The largest absolute Gasteiger partial charge is 0.496 e. The maximum atomic E-state index is 12.2. The highest BCUT2D eigenvalue weighted by atomic mass is 16.5. The van der Waals surface area contributed by atoms with Crippen molar-refractivity contribution in [3.8, 4) is 11.6 Å². The van der Waals surface area contributed by atoms with Gasteiger partial charge in [-0.15, -0.1) is 0 Å². The number of aromatic hydroxyl groups is 1. The van der Waals surface area contributed by atoms with Crippen LogP contribution in [0.4, 0.5) is 0 Å². The van der Waals surface area contributed by atoms with Crippen molar-refractivity contribution in [2.24, 2.45) is 0 Å². The Balaban J connectivity index is 1.76. The number of methoxy groups -OCH3 is 1. The maximum absolute atomic E-state index is 12.2. The quantitative estimate of drug-likeness (QED) is 0.623. The SMILES string of the molecule is COc1ccccc1C(=O)NNC(=O)c1nc2ccccc2nc1O. The Morgan fingerprint density at radius 3 is 2.24 bits per heavy atom. The second-order valence-electron chi connectivity index (χ2n) is 4.99. The first kappa shape index (κ1) is 16.2. The molecule has 0 saturated heterocycles. The van der Waals surface area contributed by atoms with E-state index in [0.29, 0.717) is 16.8 Å². The van der Waals surface area contributed by atoms with Crippen LogP contribution < -0.4 is 15.6 Å². The zero-order valence-electron chi connectivity index (χ0n) is 13.2. The Morgan fingerprint density at radius 2 is 1.52 bits per heavy atom. The van der Waals surface area contributed by atoms with Gasteiger partial charge in [0.15, 0.2) is 5.69 Å². The fourth-order valence-electron chi connectivity index (χ4n) is 2.22. The highest BCUT2D eigenvalue weighted by Crippen LogP contribution is 2.18. The second kappa shape index (κ2) is 6.83. The van der Waals surface area contributed by atoms with Gasteiger partial charge in [0, 0.05) is 0 Å². The Morgan fingerprint density at radius 1 is 0.920 bits per heavy atom. The molecule has 0 spiro atoms. The summed E-state index contributed by atoms with van der Waals surface area (Å²) in [5, 5.41) is 9.88. The fraction of sp³-hybridized carbons (Fsp3) is 0.0588. The van der Waals surface area contributed by atoms with Crippen molar-refractivity contribution in [1.29, 1.82) is 0 Å². The van der Waals surface area contributed by atoms with Crippen molar-refractivity contribution in [2.45, 2.75) is 0 Å². The van der Waals surface area contributed by atoms with E-state index < -0.39 is 17.7 Å². The van der Waals surface area contributed by atoms with Crippen LogP contribution in [0.1, 0.15) is 20.8 Å². The molecule has 0 aliphatic heterocycles. The lowest BCUT2D eigenvalue weighted by molar-refractivity contribution is 0.0840. The first-order chi connectivity index (χ1) is 12.1. The number of hydrogen-bond acceptors (Lipinski definition) is 6. The summed E-state index contributed by atoms with van der Waals surface area (Å²) >= 11 is 0. The number of hydrazine groups is 1. The minimum Gasteiger partial charge on any atom is -0.496 e. The van der Waals surface area contributed by atoms with Crippen LogP contribution in [0, 0.1) is 0 Å². The van der Waals surface area contributed by atoms with Crippen LogP contribution in [0.3, 0.4) is 0 Å². The van der Waals surface area contributed by atoms with Crippen molar-refractivity contribution >= 4 is 22.8 Å². The summed E-state index contributed by atoms with van der Waals surface area (Å²) in [6, 6.07) is 13.4. The van der Waals surface area contributed by atoms with Crippen LogP contribution in [0.25, 0.3) is 11.0 Å². The van der Waals surface area contributed by atoms with E-state index in [9.17, 15) is 14.7 Å². The molecular formula is C17H14N4O4. The molecule has 0 unspecified atom stereocenters. The average molecular weight is 338 g/mol. The highest BCUT2D eigenvalue weighted by Gasteiger charge is 2.18. The van der Waals surface area contributed by atoms with Crippen LogP contribution in [-0.2, 0) is 0 Å². The number of aromatic nitrogens is 2. The Bertz CT molecular complexity index is 958. The number of nitrogens with zero attached hydrogens (tertiary/aromatic N) is 2. The monoisotopic (exact) mass is 338 g/mol. The molecule has 0 aliphatic rings. The summed E-state index contributed by atoms with van der Waals surface area (Å²) in [5.41, 5.74) is 5.30. The average Bonchev–Trinajstić information content (AvgIpc) is 2.65. The summed E-state index contributed by atoms with van der Waals surface area (Å²) in [4.78, 5) is 32.3. The molecule has 2 aromatic carbocycles. The number of carbonyl (C=O) groups excluding carboxylic acids is 2. The summed E-state index contributed by atoms with van der Waals surface area (Å²) in [6.45, 7) is 0. The van der Waals surface area contributed by atoms with Gasteiger partial charge in [0.25, 0.3) is 11.8 Å². The van der Waals surface area contributed by atoms with Crippen LogP contribution in [0.15, 0.2) is 48.5 Å². The summed E-state index contributed by atoms with van der Waals surface area (Å²) < 4.78 is 5.09. The number of rotatable bonds is 3. The molecule has 1 aromatic heterocycles. The van der Waals surface area contributed by atoms with Crippen LogP contribution in [0.2, 0.25) is 0 Å². The zero-order chi connectivity index (χ0) is 17.8. The van der Waals surface area contributed by atoms with Crippen molar-refractivity contribution in [3.63, 3.8) is 0 Å². The smallest absolute Gasteiger partial charge is 0.293 e. The molecule has 0 fully saturated rings. The van der Waals surface area contributed by atoms with E-state index in [2.05, 4.69) is 20.8 Å². The van der Waals surface area contributed by atoms with E-state index in [1.54, 1.807) is 48.5 Å². The van der Waals surface area contributed by atoms with Crippen molar-refractivity contribution in [3.05, 3.63) is 59.8 Å². The number of ether oxygens (including phenoxy) is 1. The molecule has 3 rings (SSSR count). The minimum absolute atomic E-state index is 0.249. The number of hydrogen-bond donors (Lipinski definition) is 3. The van der Waals surface area contributed by atoms with Gasteiger partial charge in [0.1, 0.15) is 5.75 Å². The van der Waals surface area contributed by atoms with Gasteiger partial charge in [-0.1, -0.05) is 24.3 Å². The molecule has 8 nitrogen and oxygen atoms in total. The summed E-state index contributed by atoms with van der Waals surface area (Å²) in [5.74, 6) is -1.52. The number of fused-ring (bicyclic) bond motifs is 1. The standard InChI is InChI=1S/C17H14N4O4/c1-25-13-9-5-2-6-10(13)15(22)20-21-17(24)14-16(23)19-12-8-4-3-7-11(12)18-14/h2-9H,1H3,(H,19,23)(H,20,22)(H,21,24). The Kier molecular flexibility index (Phi) is 4.42. The van der Waals surface area contributed by atoms with Gasteiger partial charge in [-0.25, -0.2) is 9.97 Å². The molecule has 126 valence electrons. The second-order valence-corrected chi connectivity index (χ2v) is 4.99. The predicted molar refractivity (Wildman–Crippen MR) is 89.1 cm³/mol. The Labute approximate surface area is 142 Å². The normalized spacial score (nSPS) is 10.3. The van der Waals surface area contributed by atoms with E-state index in [1.807, 2.05) is 0 Å². The van der Waals surface area contributed by atoms with E-state index >= 15 is 0 Å². The Hall–Kier alpha value is -3.68. The fourth-order valence-corrected chi connectivity index (χ4v) is 2.22. The van der Waals surface area contributed by atoms with Crippen LogP contribution >= 0.6 is 0 Å². The summed E-state index contributed by atoms with van der Waals surface area (Å²) in [7, 11) is 1.44. The first-order valence-electron chi connectivity index (χ1n) is 7.29. The zero-order valence-corrected chi connectivity index (χ0v) is 13.2. The molecule has 2 amide bonds. The number of nitrogens with one attached hydrogen (secondary N) is 2. The van der Waals surface area contributed by atoms with Gasteiger partial charge >= 0.3 is 0 Å². The molecule has 0 bridgehead atoms. The minimum atomic E-state index is -0.793.